The molecule has 0 atom stereocenters. The minimum absolute atomic E-state index is 0.204. The zero-order valence-electron chi connectivity index (χ0n) is 9.23. The Bertz CT molecular complexity index is 248. The van der Waals surface area contributed by atoms with Crippen molar-refractivity contribution in [3.8, 4) is 0 Å². The number of ether oxygens (including phenoxy) is 1. The highest BCUT2D eigenvalue weighted by molar-refractivity contribution is 6.49. The number of hydrogen-bond donors (Lipinski definition) is 1. The van der Waals surface area contributed by atoms with Crippen LogP contribution in [0.3, 0.4) is 0 Å². The van der Waals surface area contributed by atoms with E-state index >= 15 is 0 Å². The van der Waals surface area contributed by atoms with Gasteiger partial charge in [-0.2, -0.15) is 0 Å². The second-order valence-corrected chi connectivity index (χ2v) is 3.58. The lowest BCUT2D eigenvalue weighted by molar-refractivity contribution is -0.147. The Morgan fingerprint density at radius 1 is 1.47 bits per heavy atom. The Labute approximate surface area is 90.4 Å². The van der Waals surface area contributed by atoms with Crippen LogP contribution >= 0.6 is 0 Å². The van der Waals surface area contributed by atoms with Gasteiger partial charge in [0.25, 0.3) is 0 Å². The molecule has 0 aromatic heterocycles. The van der Waals surface area contributed by atoms with Crippen LogP contribution in [0.5, 0.6) is 0 Å². The zero-order chi connectivity index (χ0) is 11.3. The third-order valence-electron chi connectivity index (χ3n) is 2.39. The molecule has 1 N–H and O–H groups in total. The summed E-state index contributed by atoms with van der Waals surface area (Å²) in [5.41, 5.74) is -0.492. The summed E-state index contributed by atoms with van der Waals surface area (Å²) in [5.74, 6) is 1.30. The maximum absolute atomic E-state index is 11.5. The van der Waals surface area contributed by atoms with Crippen LogP contribution in [-0.2, 0) is 14.2 Å². The molecule has 1 rings (SSSR count). The third-order valence-corrected chi connectivity index (χ3v) is 2.39. The quantitative estimate of drug-likeness (QED) is 0.525. The molecule has 0 radical (unpaired) electrons. The molecule has 0 amide bonds. The van der Waals surface area contributed by atoms with Crippen molar-refractivity contribution in [1.29, 1.82) is 0 Å². The van der Waals surface area contributed by atoms with Gasteiger partial charge < -0.3 is 14.4 Å². The van der Waals surface area contributed by atoms with Crippen molar-refractivity contribution in [3.05, 3.63) is 12.1 Å². The van der Waals surface area contributed by atoms with Crippen molar-refractivity contribution in [2.24, 2.45) is 5.41 Å². The number of carbonyl (C=O) groups excluding carboxylic acids is 1. The summed E-state index contributed by atoms with van der Waals surface area (Å²) in [4.78, 5) is 11.5. The van der Waals surface area contributed by atoms with E-state index in [0.717, 1.165) is 12.8 Å². The molecule has 84 valence electrons. The number of hydrogen-bond acceptors (Lipinski definition) is 4. The van der Waals surface area contributed by atoms with Crippen LogP contribution in [0.2, 0.25) is 0 Å². The first-order valence-corrected chi connectivity index (χ1v) is 5.31. The molecule has 0 saturated heterocycles. The molecule has 0 unspecified atom stereocenters. The lowest BCUT2D eigenvalue weighted by atomic mass is 9.87. The van der Waals surface area contributed by atoms with E-state index in [1.54, 1.807) is 19.9 Å². The average Bonchev–Trinajstić information content (AvgIpc) is 2.97. The largest absolute Gasteiger partial charge is 0.483 e. The molecule has 1 saturated carbocycles. The van der Waals surface area contributed by atoms with Crippen LogP contribution in [0.15, 0.2) is 12.1 Å². The van der Waals surface area contributed by atoms with Gasteiger partial charge in [-0.1, -0.05) is 12.1 Å². The molecular formula is C10H17BO4. The van der Waals surface area contributed by atoms with Crippen LogP contribution in [0.25, 0.3) is 0 Å². The molecule has 0 aliphatic heterocycles. The smallest absolute Gasteiger partial charge is 0.465 e. The fourth-order valence-electron chi connectivity index (χ4n) is 1.34. The van der Waals surface area contributed by atoms with E-state index in [-0.39, 0.29) is 5.97 Å². The second kappa shape index (κ2) is 5.33. The van der Waals surface area contributed by atoms with Crippen molar-refractivity contribution in [1.82, 2.24) is 0 Å². The Morgan fingerprint density at radius 2 is 2.13 bits per heavy atom. The number of carbonyl (C=O) groups is 1. The summed E-state index contributed by atoms with van der Waals surface area (Å²) in [7, 11) is -0.929. The molecule has 15 heavy (non-hydrogen) atoms. The molecule has 1 fully saturated rings. The standard InChI is InChI=1S/C10H17BO4/c1-3-14-9(12)10(5-6-10)7-8-11(13)15-4-2/h7-8,13H,3-6H2,1-2H3. The van der Waals surface area contributed by atoms with Gasteiger partial charge in [0.2, 0.25) is 0 Å². The Morgan fingerprint density at radius 3 is 2.60 bits per heavy atom. The highest BCUT2D eigenvalue weighted by Gasteiger charge is 2.49. The summed E-state index contributed by atoms with van der Waals surface area (Å²) < 4.78 is 9.87. The summed E-state index contributed by atoms with van der Waals surface area (Å²) in [5, 5.41) is 9.29. The summed E-state index contributed by atoms with van der Waals surface area (Å²) in [6, 6.07) is 0. The SMILES string of the molecule is CCOB(O)C=CC1(C(=O)OCC)CC1. The summed E-state index contributed by atoms with van der Waals surface area (Å²) in [6.07, 6.45) is 3.29. The van der Waals surface area contributed by atoms with Gasteiger partial charge in [-0.15, -0.1) is 0 Å². The van der Waals surface area contributed by atoms with Crippen molar-refractivity contribution >= 4 is 13.1 Å². The fourth-order valence-corrected chi connectivity index (χ4v) is 1.34. The Kier molecular flexibility index (Phi) is 4.35. The van der Waals surface area contributed by atoms with Gasteiger partial charge in [-0.3, -0.25) is 4.79 Å². The molecule has 5 heteroatoms. The topological polar surface area (TPSA) is 55.8 Å². The molecule has 4 nitrogen and oxygen atoms in total. The van der Waals surface area contributed by atoms with E-state index in [1.807, 2.05) is 0 Å². The van der Waals surface area contributed by atoms with E-state index in [2.05, 4.69) is 0 Å². The highest BCUT2D eigenvalue weighted by Crippen LogP contribution is 2.48. The Hall–Kier alpha value is -0.805. The number of rotatable bonds is 6. The van der Waals surface area contributed by atoms with Gasteiger partial charge in [0.15, 0.2) is 0 Å². The Balaban J connectivity index is 2.46. The minimum atomic E-state index is -0.929. The van der Waals surface area contributed by atoms with Crippen molar-refractivity contribution in [3.63, 3.8) is 0 Å². The van der Waals surface area contributed by atoms with Crippen LogP contribution in [0, 0.1) is 5.41 Å². The first-order valence-electron chi connectivity index (χ1n) is 5.31. The predicted molar refractivity (Wildman–Crippen MR) is 57.0 cm³/mol. The lowest BCUT2D eigenvalue weighted by Gasteiger charge is -2.08. The van der Waals surface area contributed by atoms with Crippen LogP contribution in [-0.4, -0.2) is 31.3 Å². The van der Waals surface area contributed by atoms with E-state index in [0.29, 0.717) is 13.2 Å². The lowest BCUT2D eigenvalue weighted by Crippen LogP contribution is -2.19. The third kappa shape index (κ3) is 3.36. The molecule has 0 aromatic rings. The monoisotopic (exact) mass is 212 g/mol. The van der Waals surface area contributed by atoms with E-state index in [4.69, 9.17) is 9.39 Å². The van der Waals surface area contributed by atoms with Crippen molar-refractivity contribution < 1.29 is 19.2 Å². The maximum atomic E-state index is 11.5. The van der Waals surface area contributed by atoms with E-state index in [9.17, 15) is 9.82 Å². The molecule has 0 heterocycles. The molecule has 1 aliphatic carbocycles. The van der Waals surface area contributed by atoms with Crippen molar-refractivity contribution in [2.75, 3.05) is 13.2 Å². The van der Waals surface area contributed by atoms with Gasteiger partial charge in [0, 0.05) is 6.61 Å². The first kappa shape index (κ1) is 12.3. The van der Waals surface area contributed by atoms with E-state index in [1.165, 1.54) is 5.98 Å². The molecular weight excluding hydrogens is 195 g/mol. The molecule has 1 aliphatic rings. The predicted octanol–water partition coefficient (Wildman–Crippen LogP) is 0.942. The number of esters is 1. The summed E-state index contributed by atoms with van der Waals surface area (Å²) in [6.45, 7) is 4.42. The first-order chi connectivity index (χ1) is 7.14. The van der Waals surface area contributed by atoms with Crippen LogP contribution in [0.1, 0.15) is 26.7 Å². The minimum Gasteiger partial charge on any atom is -0.465 e. The van der Waals surface area contributed by atoms with Crippen molar-refractivity contribution in [2.45, 2.75) is 26.7 Å². The van der Waals surface area contributed by atoms with Crippen LogP contribution < -0.4 is 0 Å². The zero-order valence-corrected chi connectivity index (χ0v) is 9.23. The normalized spacial score (nSPS) is 17.8. The van der Waals surface area contributed by atoms with Crippen LogP contribution in [0.4, 0.5) is 0 Å². The molecule has 0 aromatic carbocycles. The average molecular weight is 212 g/mol. The highest BCUT2D eigenvalue weighted by atomic mass is 16.5. The summed E-state index contributed by atoms with van der Waals surface area (Å²) >= 11 is 0. The van der Waals surface area contributed by atoms with Gasteiger partial charge in [0.1, 0.15) is 0 Å². The molecule has 0 spiro atoms. The van der Waals surface area contributed by atoms with E-state index < -0.39 is 12.5 Å². The van der Waals surface area contributed by atoms with Gasteiger partial charge in [0.05, 0.1) is 12.0 Å². The second-order valence-electron chi connectivity index (χ2n) is 3.58. The fraction of sp³-hybridized carbons (Fsp3) is 0.700. The molecule has 0 bridgehead atoms. The van der Waals surface area contributed by atoms with Gasteiger partial charge >= 0.3 is 13.1 Å². The van der Waals surface area contributed by atoms with Gasteiger partial charge in [-0.05, 0) is 26.7 Å². The van der Waals surface area contributed by atoms with Gasteiger partial charge in [-0.25, -0.2) is 0 Å². The maximum Gasteiger partial charge on any atom is 0.483 e.